The first-order chi connectivity index (χ1) is 12.2. The van der Waals surface area contributed by atoms with Gasteiger partial charge in [0.05, 0.1) is 17.2 Å². The van der Waals surface area contributed by atoms with Crippen molar-refractivity contribution < 1.29 is 23.1 Å². The lowest BCUT2D eigenvalue weighted by atomic mass is 9.77. The van der Waals surface area contributed by atoms with Gasteiger partial charge in [-0.2, -0.15) is 0 Å². The highest BCUT2D eigenvalue weighted by molar-refractivity contribution is 7.88. The smallest absolute Gasteiger partial charge is 0.309 e. The normalized spacial score (nSPS) is 23.5. The van der Waals surface area contributed by atoms with Gasteiger partial charge in [0.2, 0.25) is 15.9 Å². The quantitative estimate of drug-likeness (QED) is 0.848. The molecule has 1 aromatic rings. The van der Waals surface area contributed by atoms with Gasteiger partial charge in [0.15, 0.2) is 0 Å². The summed E-state index contributed by atoms with van der Waals surface area (Å²) in [7, 11) is -1.86. The molecule has 1 unspecified atom stereocenters. The van der Waals surface area contributed by atoms with E-state index in [1.54, 1.807) is 13.1 Å². The zero-order valence-corrected chi connectivity index (χ0v) is 15.8. The molecule has 0 radical (unpaired) electrons. The highest BCUT2D eigenvalue weighted by Gasteiger charge is 2.56. The molecule has 2 aliphatic heterocycles. The number of sulfonamides is 1. The largest absolute Gasteiger partial charge is 0.481 e. The molecular weight excluding hydrogens is 356 g/mol. The van der Waals surface area contributed by atoms with Crippen molar-refractivity contribution in [3.63, 3.8) is 0 Å². The number of carboxylic acids is 1. The van der Waals surface area contributed by atoms with E-state index in [1.165, 1.54) is 9.21 Å². The van der Waals surface area contributed by atoms with E-state index in [9.17, 15) is 23.1 Å². The van der Waals surface area contributed by atoms with Gasteiger partial charge in [0.25, 0.3) is 0 Å². The molecule has 3 rings (SSSR count). The zero-order chi connectivity index (χ0) is 19.1. The molecule has 8 heteroatoms. The summed E-state index contributed by atoms with van der Waals surface area (Å²) in [5, 5.41) is 9.50. The van der Waals surface area contributed by atoms with Crippen molar-refractivity contribution in [1.82, 2.24) is 9.21 Å². The molecular formula is C18H24N2O5S. The molecule has 7 nitrogen and oxygen atoms in total. The number of aryl methyl sites for hydroxylation is 1. The van der Waals surface area contributed by atoms with Crippen LogP contribution in [0.1, 0.15) is 30.4 Å². The number of nitrogens with zero attached hydrogens (tertiary/aromatic N) is 2. The van der Waals surface area contributed by atoms with Crippen LogP contribution < -0.4 is 0 Å². The monoisotopic (exact) mass is 380 g/mol. The molecule has 2 fully saturated rings. The highest BCUT2D eigenvalue weighted by atomic mass is 32.2. The number of aliphatic carboxylic acids is 1. The van der Waals surface area contributed by atoms with Crippen molar-refractivity contribution in [2.45, 2.75) is 37.5 Å². The standard InChI is InChI=1S/C18H24N2O5S/c1-13-4-3-5-14(10-13)12-26(24,25)20-8-6-18(7-9-20)15(17(22)23)11-16(21)19(18)2/h3-5,10,15H,6-9,11-12H2,1-2H3,(H,22,23). The SMILES string of the molecule is Cc1cccc(CS(=O)(=O)N2CCC3(CC2)C(C(=O)O)CC(=O)N3C)c1. The van der Waals surface area contributed by atoms with Gasteiger partial charge < -0.3 is 10.0 Å². The van der Waals surface area contributed by atoms with E-state index in [0.717, 1.165) is 11.1 Å². The van der Waals surface area contributed by atoms with Crippen LogP contribution in [0.15, 0.2) is 24.3 Å². The van der Waals surface area contributed by atoms with Crippen LogP contribution in [0.5, 0.6) is 0 Å². The van der Waals surface area contributed by atoms with Gasteiger partial charge >= 0.3 is 5.97 Å². The summed E-state index contributed by atoms with van der Waals surface area (Å²) in [6.45, 7) is 2.38. The number of piperidine rings is 1. The summed E-state index contributed by atoms with van der Waals surface area (Å²) in [6, 6.07) is 7.40. The molecule has 1 aromatic carbocycles. The number of carboxylic acid groups (broad SMARTS) is 1. The van der Waals surface area contributed by atoms with Crippen molar-refractivity contribution in [2.24, 2.45) is 5.92 Å². The minimum Gasteiger partial charge on any atom is -0.481 e. The first kappa shape index (κ1) is 18.8. The number of amides is 1. The Bertz CT molecular complexity index is 828. The molecule has 2 heterocycles. The van der Waals surface area contributed by atoms with Crippen LogP contribution in [0.2, 0.25) is 0 Å². The van der Waals surface area contributed by atoms with Crippen LogP contribution in [0.25, 0.3) is 0 Å². The minimum atomic E-state index is -3.49. The average Bonchev–Trinajstić information content (AvgIpc) is 2.80. The van der Waals surface area contributed by atoms with Gasteiger partial charge in [0.1, 0.15) is 0 Å². The second-order valence-electron chi connectivity index (χ2n) is 7.30. The van der Waals surface area contributed by atoms with Gasteiger partial charge in [-0.1, -0.05) is 29.8 Å². The number of hydrogen-bond donors (Lipinski definition) is 1. The van der Waals surface area contributed by atoms with E-state index in [4.69, 9.17) is 0 Å². The Morgan fingerprint density at radius 1 is 1.31 bits per heavy atom. The molecule has 26 heavy (non-hydrogen) atoms. The third-order valence-electron chi connectivity index (χ3n) is 5.78. The highest BCUT2D eigenvalue weighted by Crippen LogP contribution is 2.43. The van der Waals surface area contributed by atoms with Gasteiger partial charge in [-0.15, -0.1) is 0 Å². The number of benzene rings is 1. The lowest BCUT2D eigenvalue weighted by molar-refractivity contribution is -0.145. The summed E-state index contributed by atoms with van der Waals surface area (Å²) in [6.07, 6.45) is 0.681. The van der Waals surface area contributed by atoms with Crippen LogP contribution >= 0.6 is 0 Å². The summed E-state index contributed by atoms with van der Waals surface area (Å²) in [5.74, 6) is -2.02. The number of hydrogen-bond acceptors (Lipinski definition) is 4. The molecule has 1 amide bonds. The first-order valence-corrected chi connectivity index (χ1v) is 10.3. The Morgan fingerprint density at radius 3 is 2.54 bits per heavy atom. The maximum atomic E-state index is 12.8. The lowest BCUT2D eigenvalue weighted by Crippen LogP contribution is -2.57. The summed E-state index contributed by atoms with van der Waals surface area (Å²) in [5.41, 5.74) is 0.964. The van der Waals surface area contributed by atoms with Crippen molar-refractivity contribution in [3.05, 3.63) is 35.4 Å². The molecule has 1 spiro atoms. The Kier molecular flexibility index (Phi) is 4.83. The topological polar surface area (TPSA) is 95.0 Å². The lowest BCUT2D eigenvalue weighted by Gasteiger charge is -2.45. The van der Waals surface area contributed by atoms with Crippen molar-refractivity contribution in [1.29, 1.82) is 0 Å². The average molecular weight is 380 g/mol. The number of carbonyl (C=O) groups is 2. The van der Waals surface area contributed by atoms with Gasteiger partial charge in [-0.3, -0.25) is 9.59 Å². The second-order valence-corrected chi connectivity index (χ2v) is 9.26. The molecule has 2 aliphatic rings. The molecule has 1 atom stereocenters. The van der Waals surface area contributed by atoms with Gasteiger partial charge in [-0.25, -0.2) is 12.7 Å². The molecule has 0 aliphatic carbocycles. The maximum Gasteiger partial charge on any atom is 0.309 e. The van der Waals surface area contributed by atoms with Crippen LogP contribution in [-0.4, -0.2) is 60.3 Å². The fourth-order valence-electron chi connectivity index (χ4n) is 4.24. The van der Waals surface area contributed by atoms with Crippen molar-refractivity contribution in [2.75, 3.05) is 20.1 Å². The van der Waals surface area contributed by atoms with Crippen molar-refractivity contribution in [3.8, 4) is 0 Å². The van der Waals surface area contributed by atoms with E-state index >= 15 is 0 Å². The van der Waals surface area contributed by atoms with E-state index in [0.29, 0.717) is 12.8 Å². The third-order valence-corrected chi connectivity index (χ3v) is 7.63. The van der Waals surface area contributed by atoms with Crippen LogP contribution in [0.3, 0.4) is 0 Å². The maximum absolute atomic E-state index is 12.8. The molecule has 0 aromatic heterocycles. The molecule has 2 saturated heterocycles. The minimum absolute atomic E-state index is 0.0120. The predicted molar refractivity (Wildman–Crippen MR) is 95.9 cm³/mol. The van der Waals surface area contributed by atoms with Crippen molar-refractivity contribution >= 4 is 21.9 Å². The first-order valence-electron chi connectivity index (χ1n) is 8.68. The molecule has 0 bridgehead atoms. The van der Waals surface area contributed by atoms with E-state index in [1.807, 2.05) is 25.1 Å². The fraction of sp³-hybridized carbons (Fsp3) is 0.556. The van der Waals surface area contributed by atoms with Crippen LogP contribution in [0, 0.1) is 12.8 Å². The molecule has 142 valence electrons. The number of likely N-dealkylation sites (tertiary alicyclic amines) is 1. The van der Waals surface area contributed by atoms with E-state index in [-0.39, 0.29) is 31.2 Å². The molecule has 1 N–H and O–H groups in total. The van der Waals surface area contributed by atoms with Crippen LogP contribution in [-0.2, 0) is 25.4 Å². The summed E-state index contributed by atoms with van der Waals surface area (Å²) in [4.78, 5) is 25.2. The van der Waals surface area contributed by atoms with Gasteiger partial charge in [-0.05, 0) is 25.3 Å². The second kappa shape index (κ2) is 6.66. The molecule has 0 saturated carbocycles. The fourth-order valence-corrected chi connectivity index (χ4v) is 5.76. The summed E-state index contributed by atoms with van der Waals surface area (Å²) >= 11 is 0. The van der Waals surface area contributed by atoms with E-state index in [2.05, 4.69) is 0 Å². The van der Waals surface area contributed by atoms with E-state index < -0.39 is 27.4 Å². The summed E-state index contributed by atoms with van der Waals surface area (Å²) < 4.78 is 26.9. The Balaban J connectivity index is 1.75. The Labute approximate surface area is 153 Å². The third kappa shape index (κ3) is 3.23. The zero-order valence-electron chi connectivity index (χ0n) is 15.0. The predicted octanol–water partition coefficient (Wildman–Crippen LogP) is 1.22. The Morgan fingerprint density at radius 2 is 1.96 bits per heavy atom. The van der Waals surface area contributed by atoms with Gasteiger partial charge in [0, 0.05) is 26.6 Å². The number of rotatable bonds is 4. The van der Waals surface area contributed by atoms with Crippen LogP contribution in [0.4, 0.5) is 0 Å². The Hall–Kier alpha value is -1.93. The number of carbonyl (C=O) groups excluding carboxylic acids is 1.